The third-order valence-electron chi connectivity index (χ3n) is 5.08. The topological polar surface area (TPSA) is 107 Å². The monoisotopic (exact) mass is 369 g/mol. The van der Waals surface area contributed by atoms with Crippen molar-refractivity contribution >= 4 is 15.9 Å². The van der Waals surface area contributed by atoms with Crippen LogP contribution in [0.5, 0.6) is 0 Å². The van der Waals surface area contributed by atoms with Crippen LogP contribution in [0.25, 0.3) is 0 Å². The van der Waals surface area contributed by atoms with Crippen LogP contribution in [0, 0.1) is 19.8 Å². The first-order chi connectivity index (χ1) is 11.9. The minimum absolute atomic E-state index is 0.0269. The number of H-pyrrole nitrogens is 1. The molecule has 2 unspecified atom stereocenters. The van der Waals surface area contributed by atoms with Crippen molar-refractivity contribution in [2.45, 2.75) is 50.5 Å². The number of hydrogen-bond acceptors (Lipinski definition) is 5. The summed E-state index contributed by atoms with van der Waals surface area (Å²) >= 11 is 0. The lowest BCUT2D eigenvalue weighted by atomic mass is 9.99. The number of carbonyl (C=O) groups excluding carboxylic acids is 1. The lowest BCUT2D eigenvalue weighted by Crippen LogP contribution is -2.46. The van der Waals surface area contributed by atoms with Crippen molar-refractivity contribution in [3.05, 3.63) is 11.4 Å². The highest BCUT2D eigenvalue weighted by Crippen LogP contribution is 2.26. The van der Waals surface area contributed by atoms with Crippen LogP contribution in [-0.2, 0) is 14.8 Å². The summed E-state index contributed by atoms with van der Waals surface area (Å²) in [5.74, 6) is 0.167. The molecule has 0 aromatic carbocycles. The van der Waals surface area contributed by atoms with Crippen molar-refractivity contribution in [2.24, 2.45) is 5.92 Å². The van der Waals surface area contributed by atoms with Crippen molar-refractivity contribution in [2.75, 3.05) is 26.2 Å². The van der Waals surface area contributed by atoms with E-state index in [9.17, 15) is 13.2 Å². The molecule has 2 atom stereocenters. The maximum absolute atomic E-state index is 13.0. The number of carbonyl (C=O) groups is 1. The van der Waals surface area contributed by atoms with Gasteiger partial charge in [-0.25, -0.2) is 8.42 Å². The number of sulfonamides is 1. The maximum atomic E-state index is 13.0. The smallest absolute Gasteiger partial charge is 0.246 e. The SMILES string of the molecule is Cc1n[nH]c(C)c1S(=O)(=O)N1CCCC(CNC(=O)C2CCCN2)C1. The van der Waals surface area contributed by atoms with E-state index in [0.717, 1.165) is 32.2 Å². The molecule has 2 aliphatic heterocycles. The lowest BCUT2D eigenvalue weighted by molar-refractivity contribution is -0.123. The molecule has 0 saturated carbocycles. The molecule has 25 heavy (non-hydrogen) atoms. The highest BCUT2D eigenvalue weighted by molar-refractivity contribution is 7.89. The molecule has 9 heteroatoms. The first-order valence-corrected chi connectivity index (χ1v) is 10.4. The van der Waals surface area contributed by atoms with Gasteiger partial charge in [0.05, 0.1) is 17.4 Å². The average molecular weight is 369 g/mol. The maximum Gasteiger partial charge on any atom is 0.246 e. The van der Waals surface area contributed by atoms with Crippen LogP contribution < -0.4 is 10.6 Å². The quantitative estimate of drug-likeness (QED) is 0.692. The van der Waals surface area contributed by atoms with Gasteiger partial charge in [0.2, 0.25) is 15.9 Å². The van der Waals surface area contributed by atoms with Gasteiger partial charge < -0.3 is 10.6 Å². The third-order valence-corrected chi connectivity index (χ3v) is 7.21. The van der Waals surface area contributed by atoms with Gasteiger partial charge >= 0.3 is 0 Å². The Hall–Kier alpha value is -1.45. The Balaban J connectivity index is 1.62. The summed E-state index contributed by atoms with van der Waals surface area (Å²) in [5.41, 5.74) is 1.07. The van der Waals surface area contributed by atoms with Crippen molar-refractivity contribution < 1.29 is 13.2 Å². The predicted molar refractivity (Wildman–Crippen MR) is 93.6 cm³/mol. The second-order valence-corrected chi connectivity index (χ2v) is 8.90. The molecule has 1 amide bonds. The molecule has 140 valence electrons. The van der Waals surface area contributed by atoms with Gasteiger partial charge in [0, 0.05) is 19.6 Å². The second kappa shape index (κ2) is 7.43. The first kappa shape index (κ1) is 18.3. The molecule has 8 nitrogen and oxygen atoms in total. The fraction of sp³-hybridized carbons (Fsp3) is 0.750. The number of rotatable bonds is 5. The Morgan fingerprint density at radius 3 is 2.76 bits per heavy atom. The molecular weight excluding hydrogens is 342 g/mol. The molecule has 0 aliphatic carbocycles. The minimum Gasteiger partial charge on any atom is -0.354 e. The van der Waals surface area contributed by atoms with E-state index in [1.807, 2.05) is 0 Å². The minimum atomic E-state index is -3.55. The molecule has 0 radical (unpaired) electrons. The first-order valence-electron chi connectivity index (χ1n) is 8.92. The van der Waals surface area contributed by atoms with E-state index in [-0.39, 0.29) is 22.8 Å². The summed E-state index contributed by atoms with van der Waals surface area (Å²) in [5, 5.41) is 12.9. The molecule has 2 fully saturated rings. The summed E-state index contributed by atoms with van der Waals surface area (Å²) in [7, 11) is -3.55. The Kier molecular flexibility index (Phi) is 5.45. The fourth-order valence-corrected chi connectivity index (χ4v) is 5.62. The molecule has 3 N–H and O–H groups in total. The molecule has 0 bridgehead atoms. The van der Waals surface area contributed by atoms with Gasteiger partial charge in [0.25, 0.3) is 0 Å². The van der Waals surface area contributed by atoms with Crippen molar-refractivity contribution in [1.82, 2.24) is 25.1 Å². The number of nitrogens with one attached hydrogen (secondary N) is 3. The van der Waals surface area contributed by atoms with Crippen molar-refractivity contribution in [3.8, 4) is 0 Å². The van der Waals surface area contributed by atoms with Crippen LogP contribution in [0.1, 0.15) is 37.1 Å². The zero-order valence-corrected chi connectivity index (χ0v) is 15.7. The molecular formula is C16H27N5O3S. The zero-order chi connectivity index (χ0) is 18.0. The van der Waals surface area contributed by atoms with Crippen LogP contribution in [0.15, 0.2) is 4.90 Å². The number of aryl methyl sites for hydroxylation is 2. The molecule has 1 aromatic heterocycles. The molecule has 3 heterocycles. The van der Waals surface area contributed by atoms with Gasteiger partial charge in [0.15, 0.2) is 0 Å². The van der Waals surface area contributed by atoms with E-state index in [0.29, 0.717) is 31.0 Å². The van der Waals surface area contributed by atoms with Gasteiger partial charge in [-0.1, -0.05) is 0 Å². The average Bonchev–Trinajstić information content (AvgIpc) is 3.23. The van der Waals surface area contributed by atoms with Crippen molar-refractivity contribution in [3.63, 3.8) is 0 Å². The Labute approximate surface area is 148 Å². The van der Waals surface area contributed by atoms with Gasteiger partial charge in [-0.3, -0.25) is 9.89 Å². The highest BCUT2D eigenvalue weighted by Gasteiger charge is 2.33. The lowest BCUT2D eigenvalue weighted by Gasteiger charge is -2.32. The van der Waals surface area contributed by atoms with Crippen LogP contribution in [0.2, 0.25) is 0 Å². The van der Waals surface area contributed by atoms with Gasteiger partial charge in [-0.05, 0) is 52.0 Å². The molecule has 0 spiro atoms. The van der Waals surface area contributed by atoms with E-state index in [4.69, 9.17) is 0 Å². The van der Waals surface area contributed by atoms with Gasteiger partial charge in [0.1, 0.15) is 4.90 Å². The summed E-state index contributed by atoms with van der Waals surface area (Å²) in [4.78, 5) is 12.4. The van der Waals surface area contributed by atoms with Gasteiger partial charge in [-0.2, -0.15) is 9.40 Å². The number of hydrogen-bond donors (Lipinski definition) is 3. The Morgan fingerprint density at radius 2 is 2.12 bits per heavy atom. The summed E-state index contributed by atoms with van der Waals surface area (Å²) in [6.07, 6.45) is 3.62. The van der Waals surface area contributed by atoms with E-state index in [1.165, 1.54) is 4.31 Å². The molecule has 1 aromatic rings. The largest absolute Gasteiger partial charge is 0.354 e. The summed E-state index contributed by atoms with van der Waals surface area (Å²) in [6.45, 7) is 5.78. The van der Waals surface area contributed by atoms with Crippen LogP contribution in [0.3, 0.4) is 0 Å². The number of piperidine rings is 1. The third kappa shape index (κ3) is 3.88. The fourth-order valence-electron chi connectivity index (χ4n) is 3.74. The number of nitrogens with zero attached hydrogens (tertiary/aromatic N) is 2. The van der Waals surface area contributed by atoms with E-state index in [1.54, 1.807) is 13.8 Å². The van der Waals surface area contributed by atoms with E-state index < -0.39 is 10.0 Å². The van der Waals surface area contributed by atoms with Crippen LogP contribution >= 0.6 is 0 Å². The van der Waals surface area contributed by atoms with Crippen LogP contribution in [-0.4, -0.2) is 61.0 Å². The molecule has 2 aliphatic rings. The predicted octanol–water partition coefficient (Wildman–Crippen LogP) is 0.295. The highest BCUT2D eigenvalue weighted by atomic mass is 32.2. The second-order valence-electron chi connectivity index (χ2n) is 7.03. The number of aromatic nitrogens is 2. The van der Waals surface area contributed by atoms with Gasteiger partial charge in [-0.15, -0.1) is 0 Å². The summed E-state index contributed by atoms with van der Waals surface area (Å²) < 4.78 is 27.4. The standard InChI is InChI=1S/C16H27N5O3S/c1-11-15(12(2)20-19-11)25(23,24)21-8-4-5-13(10-21)9-18-16(22)14-6-3-7-17-14/h13-14,17H,3-10H2,1-2H3,(H,18,22)(H,19,20). The Bertz CT molecular complexity index is 705. The molecule has 3 rings (SSSR count). The number of aromatic amines is 1. The normalized spacial score (nSPS) is 25.2. The molecule has 2 saturated heterocycles. The Morgan fingerprint density at radius 1 is 1.32 bits per heavy atom. The summed E-state index contributed by atoms with van der Waals surface area (Å²) in [6, 6.07) is -0.0975. The van der Waals surface area contributed by atoms with Crippen molar-refractivity contribution in [1.29, 1.82) is 0 Å². The van der Waals surface area contributed by atoms with E-state index in [2.05, 4.69) is 20.8 Å². The van der Waals surface area contributed by atoms with E-state index >= 15 is 0 Å². The van der Waals surface area contributed by atoms with Crippen LogP contribution in [0.4, 0.5) is 0 Å². The zero-order valence-electron chi connectivity index (χ0n) is 14.8. The number of amides is 1.